The van der Waals surface area contributed by atoms with E-state index >= 15 is 0 Å². The van der Waals surface area contributed by atoms with Crippen LogP contribution in [0.15, 0.2) is 97.1 Å². The van der Waals surface area contributed by atoms with E-state index in [9.17, 15) is 9.59 Å². The van der Waals surface area contributed by atoms with Crippen LogP contribution in [0.2, 0.25) is 0 Å². The molecule has 1 heterocycles. The second-order valence-corrected chi connectivity index (χ2v) is 9.17. The summed E-state index contributed by atoms with van der Waals surface area (Å²) in [6.45, 7) is 3.51. The quantitative estimate of drug-likeness (QED) is 0.338. The topological polar surface area (TPSA) is 69.6 Å². The van der Waals surface area contributed by atoms with Gasteiger partial charge in [0.05, 0.1) is 22.9 Å². The third kappa shape index (κ3) is 4.86. The first-order valence-corrected chi connectivity index (χ1v) is 12.1. The number of fused-ring (bicyclic) bond motifs is 1. The number of hydrogen-bond acceptors (Lipinski definition) is 3. The number of carbonyl (C=O) groups is 2. The fraction of sp³-hybridized carbons (Fsp3) is 0.161. The summed E-state index contributed by atoms with van der Waals surface area (Å²) in [6, 6.07) is 31.2. The zero-order valence-electron chi connectivity index (χ0n) is 20.1. The van der Waals surface area contributed by atoms with Gasteiger partial charge in [-0.3, -0.25) is 4.79 Å². The van der Waals surface area contributed by atoms with Gasteiger partial charge >= 0.3 is 5.97 Å². The van der Waals surface area contributed by atoms with Crippen LogP contribution in [-0.2, 0) is 13.0 Å². The van der Waals surface area contributed by atoms with Crippen molar-refractivity contribution in [1.29, 1.82) is 0 Å². The van der Waals surface area contributed by atoms with Gasteiger partial charge in [-0.2, -0.15) is 0 Å². The summed E-state index contributed by atoms with van der Waals surface area (Å²) in [5.41, 5.74) is 7.51. The first-order chi connectivity index (χ1) is 17.5. The van der Waals surface area contributed by atoms with Gasteiger partial charge in [-0.25, -0.2) is 4.79 Å². The average molecular weight is 477 g/mol. The van der Waals surface area contributed by atoms with Crippen molar-refractivity contribution in [2.75, 3.05) is 11.4 Å². The van der Waals surface area contributed by atoms with Crippen molar-refractivity contribution in [3.05, 3.63) is 125 Å². The number of hydrogen-bond donors (Lipinski definition) is 2. The molecule has 5 rings (SSSR count). The van der Waals surface area contributed by atoms with Crippen molar-refractivity contribution >= 4 is 17.6 Å². The molecule has 36 heavy (non-hydrogen) atoms. The lowest BCUT2D eigenvalue weighted by atomic mass is 10.0. The Labute approximate surface area is 211 Å². The van der Waals surface area contributed by atoms with E-state index in [1.165, 1.54) is 22.3 Å². The molecule has 0 aliphatic carbocycles. The molecule has 1 atom stereocenters. The highest BCUT2D eigenvalue weighted by Crippen LogP contribution is 2.34. The summed E-state index contributed by atoms with van der Waals surface area (Å²) in [5, 5.41) is 12.2. The number of carboxylic acids is 1. The molecule has 4 aromatic carbocycles. The van der Waals surface area contributed by atoms with E-state index in [0.717, 1.165) is 30.8 Å². The standard InChI is InChI=1S/C31H28N2O3/c1-21(23-14-16-27(17-15-23)31(35)36)32-30(34)28-9-5-8-26-18-19-33(29(26)28)20-22-10-12-25(13-11-22)24-6-3-2-4-7-24/h2-17,21H,18-20H2,1H3,(H,32,34)(H,35,36)/t21-/m0/s1. The van der Waals surface area contributed by atoms with E-state index in [2.05, 4.69) is 52.7 Å². The van der Waals surface area contributed by atoms with Crippen LogP contribution in [0.1, 0.15) is 50.4 Å². The molecule has 0 fully saturated rings. The first-order valence-electron chi connectivity index (χ1n) is 12.1. The van der Waals surface area contributed by atoms with Crippen LogP contribution in [0, 0.1) is 0 Å². The Morgan fingerprint density at radius 1 is 0.861 bits per heavy atom. The van der Waals surface area contributed by atoms with Gasteiger partial charge in [-0.05, 0) is 59.4 Å². The van der Waals surface area contributed by atoms with Gasteiger partial charge in [0, 0.05) is 13.1 Å². The maximum Gasteiger partial charge on any atom is 0.335 e. The Morgan fingerprint density at radius 3 is 2.25 bits per heavy atom. The van der Waals surface area contributed by atoms with Gasteiger partial charge in [0.25, 0.3) is 5.91 Å². The average Bonchev–Trinajstić information content (AvgIpc) is 3.32. The van der Waals surface area contributed by atoms with E-state index in [1.54, 1.807) is 24.3 Å². The third-order valence-corrected chi connectivity index (χ3v) is 6.77. The van der Waals surface area contributed by atoms with Crippen LogP contribution in [0.5, 0.6) is 0 Å². The highest BCUT2D eigenvalue weighted by atomic mass is 16.4. The fourth-order valence-corrected chi connectivity index (χ4v) is 4.80. The Morgan fingerprint density at radius 2 is 1.56 bits per heavy atom. The van der Waals surface area contributed by atoms with Gasteiger partial charge in [0.15, 0.2) is 0 Å². The maximum atomic E-state index is 13.3. The Hall–Kier alpha value is -4.38. The minimum atomic E-state index is -0.965. The number of benzene rings is 4. The van der Waals surface area contributed by atoms with E-state index in [-0.39, 0.29) is 17.5 Å². The minimum Gasteiger partial charge on any atom is -0.478 e. The number of anilines is 1. The van der Waals surface area contributed by atoms with Crippen molar-refractivity contribution in [3.8, 4) is 11.1 Å². The predicted octanol–water partition coefficient (Wildman–Crippen LogP) is 6.11. The van der Waals surface area contributed by atoms with Crippen LogP contribution in [0.3, 0.4) is 0 Å². The van der Waals surface area contributed by atoms with Crippen molar-refractivity contribution in [3.63, 3.8) is 0 Å². The lowest BCUT2D eigenvalue weighted by molar-refractivity contribution is 0.0696. The van der Waals surface area contributed by atoms with Gasteiger partial charge in [0.1, 0.15) is 0 Å². The largest absolute Gasteiger partial charge is 0.478 e. The molecule has 5 heteroatoms. The Balaban J connectivity index is 1.32. The Bertz CT molecular complexity index is 1380. The molecule has 5 nitrogen and oxygen atoms in total. The van der Waals surface area contributed by atoms with Crippen LogP contribution < -0.4 is 10.2 Å². The molecule has 0 saturated heterocycles. The minimum absolute atomic E-state index is 0.131. The number of rotatable bonds is 7. The normalized spacial score (nSPS) is 13.2. The number of nitrogens with one attached hydrogen (secondary N) is 1. The highest BCUT2D eigenvalue weighted by Gasteiger charge is 2.26. The van der Waals surface area contributed by atoms with E-state index in [1.807, 2.05) is 37.3 Å². The SMILES string of the molecule is C[C@H](NC(=O)c1cccc2c1N(Cc1ccc(-c3ccccc3)cc1)CC2)c1ccc(C(=O)O)cc1. The molecule has 1 amide bonds. The highest BCUT2D eigenvalue weighted by molar-refractivity contribution is 6.01. The number of carbonyl (C=O) groups excluding carboxylic acids is 1. The first kappa shape index (κ1) is 23.4. The van der Waals surface area contributed by atoms with E-state index in [4.69, 9.17) is 5.11 Å². The molecule has 0 saturated carbocycles. The number of aromatic carboxylic acids is 1. The molecule has 180 valence electrons. The van der Waals surface area contributed by atoms with Crippen molar-refractivity contribution in [2.45, 2.75) is 25.9 Å². The van der Waals surface area contributed by atoms with Gasteiger partial charge in [0.2, 0.25) is 0 Å². The molecule has 1 aliphatic rings. The number of para-hydroxylation sites is 1. The Kier molecular flexibility index (Phi) is 6.54. The lowest BCUT2D eigenvalue weighted by Crippen LogP contribution is -2.29. The predicted molar refractivity (Wildman–Crippen MR) is 142 cm³/mol. The summed E-state index contributed by atoms with van der Waals surface area (Å²) in [6.07, 6.45) is 0.907. The summed E-state index contributed by atoms with van der Waals surface area (Å²) >= 11 is 0. The number of carboxylic acid groups (broad SMARTS) is 1. The molecule has 0 spiro atoms. The van der Waals surface area contributed by atoms with Crippen LogP contribution in [-0.4, -0.2) is 23.5 Å². The molecule has 0 unspecified atom stereocenters. The van der Waals surface area contributed by atoms with E-state index < -0.39 is 5.97 Å². The zero-order chi connectivity index (χ0) is 25.1. The van der Waals surface area contributed by atoms with Crippen molar-refractivity contribution in [2.24, 2.45) is 0 Å². The molecule has 0 radical (unpaired) electrons. The lowest BCUT2D eigenvalue weighted by Gasteiger charge is -2.23. The molecule has 0 aromatic heterocycles. The molecule has 2 N–H and O–H groups in total. The second kappa shape index (κ2) is 10.1. The summed E-state index contributed by atoms with van der Waals surface area (Å²) in [5.74, 6) is -1.10. The van der Waals surface area contributed by atoms with Gasteiger partial charge < -0.3 is 15.3 Å². The molecule has 4 aromatic rings. The number of nitrogens with zero attached hydrogens (tertiary/aromatic N) is 1. The van der Waals surface area contributed by atoms with Crippen molar-refractivity contribution in [1.82, 2.24) is 5.32 Å². The molecular weight excluding hydrogens is 448 g/mol. The monoisotopic (exact) mass is 476 g/mol. The third-order valence-electron chi connectivity index (χ3n) is 6.77. The molecule has 0 bridgehead atoms. The summed E-state index contributed by atoms with van der Waals surface area (Å²) in [4.78, 5) is 26.7. The van der Waals surface area contributed by atoms with Crippen LogP contribution in [0.4, 0.5) is 5.69 Å². The molecular formula is C31H28N2O3. The smallest absolute Gasteiger partial charge is 0.335 e. The van der Waals surface area contributed by atoms with Gasteiger partial charge in [-0.15, -0.1) is 0 Å². The summed E-state index contributed by atoms with van der Waals surface area (Å²) in [7, 11) is 0. The van der Waals surface area contributed by atoms with E-state index in [0.29, 0.717) is 5.56 Å². The second-order valence-electron chi connectivity index (χ2n) is 9.17. The van der Waals surface area contributed by atoms with Crippen molar-refractivity contribution < 1.29 is 14.7 Å². The van der Waals surface area contributed by atoms with Gasteiger partial charge in [-0.1, -0.05) is 78.9 Å². The fourth-order valence-electron chi connectivity index (χ4n) is 4.80. The van der Waals surface area contributed by atoms with Crippen LogP contribution in [0.25, 0.3) is 11.1 Å². The number of amides is 1. The maximum absolute atomic E-state index is 13.3. The zero-order valence-corrected chi connectivity index (χ0v) is 20.1. The molecule has 1 aliphatic heterocycles. The summed E-state index contributed by atoms with van der Waals surface area (Å²) < 4.78 is 0. The van der Waals surface area contributed by atoms with Crippen LogP contribution >= 0.6 is 0 Å².